The summed E-state index contributed by atoms with van der Waals surface area (Å²) >= 11 is 0. The van der Waals surface area contributed by atoms with Crippen molar-refractivity contribution < 1.29 is 43.7 Å². The number of hydrogen-bond acceptors (Lipinski definition) is 16. The van der Waals surface area contributed by atoms with Gasteiger partial charge in [-0.3, -0.25) is 49.0 Å². The van der Waals surface area contributed by atoms with Gasteiger partial charge in [0.1, 0.15) is 11.7 Å². The maximum Gasteiger partial charge on any atom is 0.299 e. The highest BCUT2D eigenvalue weighted by Crippen LogP contribution is 2.33. The second-order valence-electron chi connectivity index (χ2n) is 12.4. The molecule has 0 aliphatic heterocycles. The average molecular weight is 888 g/mol. The molecule has 0 heterocycles. The maximum atomic E-state index is 13.9. The quantitative estimate of drug-likeness (QED) is 0.0172. The number of nitro benzene ring substituents is 2. The molecule has 0 saturated carbocycles. The van der Waals surface area contributed by atoms with Crippen molar-refractivity contribution in [3.63, 3.8) is 0 Å². The largest absolute Gasteiger partial charge is 0.370 e. The Labute approximate surface area is 354 Å². The molecular formula is C31H45N21O11. The Balaban J connectivity index is 2.50. The second-order valence-corrected chi connectivity index (χ2v) is 12.4. The van der Waals surface area contributed by atoms with Gasteiger partial charge in [0.2, 0.25) is 36.8 Å². The van der Waals surface area contributed by atoms with E-state index >= 15 is 0 Å². The molecule has 24 N–H and O–H groups in total. The molecule has 63 heavy (non-hydrogen) atoms. The van der Waals surface area contributed by atoms with Gasteiger partial charge >= 0.3 is 0 Å². The van der Waals surface area contributed by atoms with E-state index in [9.17, 15) is 54.1 Å². The monoisotopic (exact) mass is 887 g/mol. The lowest BCUT2D eigenvalue weighted by Crippen LogP contribution is -2.58. The minimum absolute atomic E-state index is 0.0305. The number of nitrogens with two attached hydrogens (primary N) is 9. The van der Waals surface area contributed by atoms with Crippen molar-refractivity contribution in [2.45, 2.75) is 50.3 Å². The van der Waals surface area contributed by atoms with Crippen LogP contribution in [0.25, 0.3) is 0 Å². The smallest absolute Gasteiger partial charge is 0.299 e. The van der Waals surface area contributed by atoms with E-state index in [2.05, 4.69) is 30.6 Å². The molecule has 6 atom stereocenters. The number of non-ortho nitro benzene ring substituents is 1. The van der Waals surface area contributed by atoms with Crippen molar-refractivity contribution >= 4 is 76.3 Å². The summed E-state index contributed by atoms with van der Waals surface area (Å²) in [6.07, 6.45) is -10.4. The van der Waals surface area contributed by atoms with Crippen LogP contribution in [0.15, 0.2) is 68.5 Å². The van der Waals surface area contributed by atoms with Crippen molar-refractivity contribution in [3.05, 3.63) is 74.3 Å². The zero-order valence-corrected chi connectivity index (χ0v) is 32.9. The van der Waals surface area contributed by atoms with Gasteiger partial charge in [-0.2, -0.15) is 0 Å². The van der Waals surface area contributed by atoms with Crippen LogP contribution in [-0.2, 0) is 28.8 Å². The highest BCUT2D eigenvalue weighted by atomic mass is 16.6. The van der Waals surface area contributed by atoms with E-state index in [4.69, 9.17) is 51.6 Å². The van der Waals surface area contributed by atoms with Gasteiger partial charge < -0.3 is 88.2 Å². The van der Waals surface area contributed by atoms with Crippen molar-refractivity contribution in [2.24, 2.45) is 71.6 Å². The normalized spacial score (nSPS) is 13.2. The van der Waals surface area contributed by atoms with Crippen molar-refractivity contribution in [1.82, 2.24) is 26.6 Å². The first-order valence-corrected chi connectivity index (χ1v) is 17.6. The molecule has 6 unspecified atom stereocenters. The lowest BCUT2D eigenvalue weighted by atomic mass is 10.1. The number of primary amides is 1. The lowest BCUT2D eigenvalue weighted by molar-refractivity contribution is -0.393. The molecular weight excluding hydrogens is 842 g/mol. The van der Waals surface area contributed by atoms with E-state index < -0.39 is 117 Å². The van der Waals surface area contributed by atoms with Crippen LogP contribution in [-0.4, -0.2) is 112 Å². The fourth-order valence-electron chi connectivity index (χ4n) is 5.03. The Morgan fingerprint density at radius 1 is 0.619 bits per heavy atom. The van der Waals surface area contributed by atoms with Gasteiger partial charge in [-0.25, -0.2) is 20.0 Å². The number of guanidine groups is 4. The van der Waals surface area contributed by atoms with Crippen LogP contribution in [0.3, 0.4) is 0 Å². The summed E-state index contributed by atoms with van der Waals surface area (Å²) in [6, 6.07) is 7.85. The average Bonchev–Trinajstić information content (AvgIpc) is 3.19. The summed E-state index contributed by atoms with van der Waals surface area (Å²) in [5, 5.41) is 44.8. The van der Waals surface area contributed by atoms with Crippen LogP contribution in [0, 0.1) is 20.2 Å². The third-order valence-electron chi connectivity index (χ3n) is 7.60. The highest BCUT2D eigenvalue weighted by Gasteiger charge is 2.36. The molecule has 6 amide bonds. The van der Waals surface area contributed by atoms with Crippen LogP contribution < -0.4 is 83.1 Å². The first-order chi connectivity index (χ1) is 29.5. The number of nitrogens with zero attached hydrogens (tertiary/aromatic N) is 7. The fraction of sp³-hybridized carbons (Fsp3) is 0.290. The first-order valence-electron chi connectivity index (χ1n) is 17.6. The first kappa shape index (κ1) is 50.0. The number of anilines is 1. The van der Waals surface area contributed by atoms with Crippen LogP contribution in [0.5, 0.6) is 0 Å². The van der Waals surface area contributed by atoms with E-state index in [0.29, 0.717) is 6.07 Å². The number of nitro groups is 2. The predicted molar refractivity (Wildman–Crippen MR) is 221 cm³/mol. The number of nitrogens with one attached hydrogen (secondary N) is 5. The SMILES string of the molecule is CCCN(c1ccc([N+](=O)[O-])cc1[N+](=O)[O-])C(O)C(=O)NC(C(=O)NC(N=C(N)N)C(=O)NC(N=C(N)N)C(=O)NC(N=C(N)N)C(=O)NC(N=C(N)N)C(N)=O)c1ccccc1. The van der Waals surface area contributed by atoms with Crippen LogP contribution in [0.2, 0.25) is 0 Å². The molecule has 0 spiro atoms. The molecule has 0 bridgehead atoms. The molecule has 2 aromatic carbocycles. The van der Waals surface area contributed by atoms with E-state index in [1.165, 1.54) is 30.3 Å². The molecule has 32 nitrogen and oxygen atoms in total. The Morgan fingerprint density at radius 2 is 1.05 bits per heavy atom. The number of amides is 6. The summed E-state index contributed by atoms with van der Waals surface area (Å²) in [5.74, 6) is -11.1. The van der Waals surface area contributed by atoms with Gasteiger partial charge in [-0.05, 0) is 18.1 Å². The topological polar surface area (TPSA) is 556 Å². The molecule has 0 aliphatic rings. The number of aliphatic imine (C=N–C) groups is 4. The molecule has 0 saturated heterocycles. The molecule has 0 fully saturated rings. The number of rotatable bonds is 22. The van der Waals surface area contributed by atoms with Crippen molar-refractivity contribution in [2.75, 3.05) is 11.4 Å². The summed E-state index contributed by atoms with van der Waals surface area (Å²) < 4.78 is 0. The van der Waals surface area contributed by atoms with E-state index in [1.54, 1.807) is 6.92 Å². The van der Waals surface area contributed by atoms with Gasteiger partial charge in [0.25, 0.3) is 40.9 Å². The Bertz CT molecular complexity index is 2170. The third kappa shape index (κ3) is 15.2. The molecule has 2 rings (SSSR count). The van der Waals surface area contributed by atoms with Gasteiger partial charge in [0, 0.05) is 12.6 Å². The third-order valence-corrected chi connectivity index (χ3v) is 7.60. The number of hydrogen-bond donors (Lipinski definition) is 15. The minimum Gasteiger partial charge on any atom is -0.370 e. The number of carbonyl (C=O) groups excluding carboxylic acids is 6. The standard InChI is InChI=1S/C31H45N21O11/c1-2-10-50(14-9-8-13(51(60)61)11-15(14)52(62)63)27(59)26(58)41-16(12-6-4-3-5-7-12)22(54)43-19(47-29(35)36)24(56)45-21(49-31(39)40)25(57)44-20(48-30(37)38)23(55)42-18(17(32)53)46-28(33)34/h3-9,11,16,18-21,27,59H,2,10H2,1H3,(H2,32,53)(H,41,58)(H,42,55)(H,43,54)(H,44,57)(H,45,56)(H4,33,34,46)(H4,35,36,47)(H4,37,38,48)(H4,39,40,49). The molecule has 0 aromatic heterocycles. The van der Waals surface area contributed by atoms with Gasteiger partial charge in [-0.15, -0.1) is 0 Å². The van der Waals surface area contributed by atoms with E-state index in [0.717, 1.165) is 17.0 Å². The van der Waals surface area contributed by atoms with E-state index in [-0.39, 0.29) is 24.2 Å². The minimum atomic E-state index is -2.27. The number of carbonyl (C=O) groups is 6. The van der Waals surface area contributed by atoms with Crippen LogP contribution >= 0.6 is 0 Å². The van der Waals surface area contributed by atoms with Gasteiger partial charge in [0.15, 0.2) is 23.8 Å². The zero-order chi connectivity index (χ0) is 47.7. The molecule has 0 aliphatic carbocycles. The summed E-state index contributed by atoms with van der Waals surface area (Å²) in [5.41, 5.74) is 46.5. The summed E-state index contributed by atoms with van der Waals surface area (Å²) in [6.45, 7) is 1.39. The van der Waals surface area contributed by atoms with Crippen LogP contribution in [0.1, 0.15) is 24.9 Å². The number of aliphatic hydroxyl groups excluding tert-OH is 1. The Kier molecular flexibility index (Phi) is 18.2. The zero-order valence-electron chi connectivity index (χ0n) is 32.9. The molecule has 32 heteroatoms. The molecule has 2 aromatic rings. The van der Waals surface area contributed by atoms with Crippen molar-refractivity contribution in [3.8, 4) is 0 Å². The fourth-order valence-corrected chi connectivity index (χ4v) is 5.03. The van der Waals surface area contributed by atoms with Gasteiger partial charge in [0.05, 0.1) is 15.9 Å². The van der Waals surface area contributed by atoms with Gasteiger partial charge in [-0.1, -0.05) is 37.3 Å². The Morgan fingerprint density at radius 3 is 1.44 bits per heavy atom. The number of benzene rings is 2. The lowest BCUT2D eigenvalue weighted by Gasteiger charge is -2.30. The number of aliphatic hydroxyl groups is 1. The molecule has 340 valence electrons. The van der Waals surface area contributed by atoms with E-state index in [1.807, 2.05) is 16.0 Å². The molecule has 0 radical (unpaired) electrons. The Hall–Kier alpha value is -9.10. The summed E-state index contributed by atoms with van der Waals surface area (Å²) in [4.78, 5) is 116. The predicted octanol–water partition coefficient (Wildman–Crippen LogP) is -7.76. The van der Waals surface area contributed by atoms with Crippen molar-refractivity contribution in [1.29, 1.82) is 0 Å². The summed E-state index contributed by atoms with van der Waals surface area (Å²) in [7, 11) is 0. The maximum absolute atomic E-state index is 13.9. The second kappa shape index (κ2) is 22.9. The van der Waals surface area contributed by atoms with Crippen LogP contribution in [0.4, 0.5) is 17.1 Å². The highest BCUT2D eigenvalue weighted by molar-refractivity contribution is 5.99.